The molecule has 0 fully saturated rings. The van der Waals surface area contributed by atoms with Crippen molar-refractivity contribution < 1.29 is 9.90 Å². The van der Waals surface area contributed by atoms with Crippen LogP contribution in [0.25, 0.3) is 0 Å². The number of aromatic nitrogens is 2. The zero-order valence-electron chi connectivity index (χ0n) is 6.02. The number of hydrogen-bond donors (Lipinski definition) is 1. The fourth-order valence-electron chi connectivity index (χ4n) is 0.800. The maximum atomic E-state index is 10.6. The Balaban J connectivity index is 2.79. The second-order valence-corrected chi connectivity index (χ2v) is 2.69. The van der Waals surface area contributed by atoms with E-state index in [1.54, 1.807) is 12.4 Å². The van der Waals surface area contributed by atoms with Crippen molar-refractivity contribution in [2.75, 3.05) is 0 Å². The summed E-state index contributed by atoms with van der Waals surface area (Å²) < 4.78 is 3.86. The molecule has 0 spiro atoms. The van der Waals surface area contributed by atoms with Crippen LogP contribution < -0.4 is 0 Å². The molecule has 1 aromatic rings. The fourth-order valence-corrected chi connectivity index (χ4v) is 1.28. The van der Waals surface area contributed by atoms with Crippen molar-refractivity contribution >= 4 is 17.5 Å². The molecule has 0 aliphatic carbocycles. The van der Waals surface area contributed by atoms with Gasteiger partial charge in [0.2, 0.25) is 0 Å². The molecule has 0 bridgehead atoms. The zero-order valence-corrected chi connectivity index (χ0v) is 6.84. The van der Waals surface area contributed by atoms with Crippen LogP contribution in [0.2, 0.25) is 0 Å². The Labute approximate surface area is 68.1 Å². The molecule has 0 aromatic carbocycles. The Morgan fingerprint density at radius 3 is 3.00 bits per heavy atom. The lowest BCUT2D eigenvalue weighted by Crippen LogP contribution is -2.11. The first-order valence-corrected chi connectivity index (χ1v) is 4.08. The van der Waals surface area contributed by atoms with Crippen LogP contribution in [0.5, 0.6) is 0 Å². The predicted octanol–water partition coefficient (Wildman–Crippen LogP) is 1.12. The minimum atomic E-state index is -0.856. The van der Waals surface area contributed by atoms with Crippen molar-refractivity contribution in [3.63, 3.8) is 0 Å². The third kappa shape index (κ3) is 1.74. The standard InChI is InChI=1S/C6H8N2O2S/c1-2-4(6(9)10)5-7-3-11-8-5/h3-4H,2H2,1H3,(H,9,10). The molecule has 60 valence electrons. The van der Waals surface area contributed by atoms with Gasteiger partial charge in [0.15, 0.2) is 5.82 Å². The monoisotopic (exact) mass is 172 g/mol. The van der Waals surface area contributed by atoms with Gasteiger partial charge in [-0.05, 0) is 18.0 Å². The van der Waals surface area contributed by atoms with Crippen LogP contribution in [0.15, 0.2) is 5.51 Å². The topological polar surface area (TPSA) is 63.1 Å². The average molecular weight is 172 g/mol. The van der Waals surface area contributed by atoms with Crippen LogP contribution in [0, 0.1) is 0 Å². The number of rotatable bonds is 3. The van der Waals surface area contributed by atoms with Crippen LogP contribution in [-0.4, -0.2) is 20.4 Å². The molecule has 1 aromatic heterocycles. The van der Waals surface area contributed by atoms with Gasteiger partial charge in [-0.3, -0.25) is 4.79 Å². The minimum Gasteiger partial charge on any atom is -0.481 e. The molecule has 1 N–H and O–H groups in total. The van der Waals surface area contributed by atoms with Gasteiger partial charge < -0.3 is 5.11 Å². The molecule has 1 heterocycles. The smallest absolute Gasteiger partial charge is 0.314 e. The van der Waals surface area contributed by atoms with Crippen LogP contribution >= 0.6 is 11.5 Å². The number of aliphatic carboxylic acids is 1. The highest BCUT2D eigenvalue weighted by atomic mass is 32.1. The van der Waals surface area contributed by atoms with E-state index < -0.39 is 11.9 Å². The molecule has 0 saturated carbocycles. The van der Waals surface area contributed by atoms with E-state index in [1.807, 2.05) is 0 Å². The van der Waals surface area contributed by atoms with Crippen LogP contribution in [0.4, 0.5) is 0 Å². The number of nitrogens with zero attached hydrogens (tertiary/aromatic N) is 2. The van der Waals surface area contributed by atoms with E-state index in [2.05, 4.69) is 9.36 Å². The highest BCUT2D eigenvalue weighted by Crippen LogP contribution is 2.15. The van der Waals surface area contributed by atoms with Gasteiger partial charge in [0.1, 0.15) is 11.4 Å². The lowest BCUT2D eigenvalue weighted by Gasteiger charge is -2.02. The molecule has 0 amide bonds. The van der Waals surface area contributed by atoms with E-state index in [0.717, 1.165) is 0 Å². The Hall–Kier alpha value is -0.970. The number of hydrogen-bond acceptors (Lipinski definition) is 4. The van der Waals surface area contributed by atoms with E-state index in [0.29, 0.717) is 12.2 Å². The third-order valence-corrected chi connectivity index (χ3v) is 1.89. The Morgan fingerprint density at radius 1 is 1.91 bits per heavy atom. The Kier molecular flexibility index (Phi) is 2.53. The number of carboxylic acids is 1. The van der Waals surface area contributed by atoms with E-state index in [4.69, 9.17) is 5.11 Å². The molecule has 1 rings (SSSR count). The molecule has 5 heteroatoms. The highest BCUT2D eigenvalue weighted by molar-refractivity contribution is 7.03. The highest BCUT2D eigenvalue weighted by Gasteiger charge is 2.20. The van der Waals surface area contributed by atoms with Gasteiger partial charge in [0, 0.05) is 0 Å². The zero-order chi connectivity index (χ0) is 8.27. The van der Waals surface area contributed by atoms with Gasteiger partial charge in [0.25, 0.3) is 0 Å². The molecule has 0 radical (unpaired) electrons. The average Bonchev–Trinajstić information content (AvgIpc) is 2.40. The summed E-state index contributed by atoms with van der Waals surface area (Å²) in [4.78, 5) is 14.4. The molecule has 0 aliphatic rings. The first-order valence-electron chi connectivity index (χ1n) is 3.24. The van der Waals surface area contributed by atoms with E-state index in [-0.39, 0.29) is 0 Å². The van der Waals surface area contributed by atoms with Gasteiger partial charge in [-0.15, -0.1) is 0 Å². The number of carbonyl (C=O) groups is 1. The fraction of sp³-hybridized carbons (Fsp3) is 0.500. The molecule has 11 heavy (non-hydrogen) atoms. The summed E-state index contributed by atoms with van der Waals surface area (Å²) in [6.07, 6.45) is 0.534. The SMILES string of the molecule is CCC(C(=O)O)c1ncsn1. The Bertz CT molecular complexity index is 235. The third-order valence-electron chi connectivity index (χ3n) is 1.40. The van der Waals surface area contributed by atoms with Crippen molar-refractivity contribution in [3.05, 3.63) is 11.3 Å². The molecular formula is C6H8N2O2S. The van der Waals surface area contributed by atoms with Gasteiger partial charge >= 0.3 is 5.97 Å². The summed E-state index contributed by atoms with van der Waals surface area (Å²) >= 11 is 1.18. The first kappa shape index (κ1) is 8.13. The summed E-state index contributed by atoms with van der Waals surface area (Å²) in [5.41, 5.74) is 1.54. The van der Waals surface area contributed by atoms with Gasteiger partial charge in [0.05, 0.1) is 0 Å². The van der Waals surface area contributed by atoms with Crippen LogP contribution in [-0.2, 0) is 4.79 Å². The van der Waals surface area contributed by atoms with Gasteiger partial charge in [-0.25, -0.2) is 4.98 Å². The maximum Gasteiger partial charge on any atom is 0.314 e. The first-order chi connectivity index (χ1) is 5.25. The minimum absolute atomic E-state index is 0.421. The summed E-state index contributed by atoms with van der Waals surface area (Å²) in [5.74, 6) is -0.975. The second kappa shape index (κ2) is 3.43. The normalized spacial score (nSPS) is 12.8. The molecule has 1 atom stereocenters. The van der Waals surface area contributed by atoms with Crippen molar-refractivity contribution in [2.45, 2.75) is 19.3 Å². The summed E-state index contributed by atoms with van der Waals surface area (Å²) in [6.45, 7) is 1.81. The summed E-state index contributed by atoms with van der Waals surface area (Å²) in [7, 11) is 0. The van der Waals surface area contributed by atoms with Crippen molar-refractivity contribution in [2.24, 2.45) is 0 Å². The van der Waals surface area contributed by atoms with Crippen LogP contribution in [0.1, 0.15) is 25.1 Å². The lowest BCUT2D eigenvalue weighted by atomic mass is 10.1. The van der Waals surface area contributed by atoms with Gasteiger partial charge in [-0.1, -0.05) is 6.92 Å². The Morgan fingerprint density at radius 2 is 2.64 bits per heavy atom. The molecule has 0 saturated heterocycles. The van der Waals surface area contributed by atoms with E-state index in [9.17, 15) is 4.79 Å². The molecular weight excluding hydrogens is 164 g/mol. The van der Waals surface area contributed by atoms with Crippen molar-refractivity contribution in [1.29, 1.82) is 0 Å². The summed E-state index contributed by atoms with van der Waals surface area (Å²) in [6, 6.07) is 0. The number of carboxylic acid groups (broad SMARTS) is 1. The van der Waals surface area contributed by atoms with Gasteiger partial charge in [-0.2, -0.15) is 4.37 Å². The largest absolute Gasteiger partial charge is 0.481 e. The van der Waals surface area contributed by atoms with E-state index in [1.165, 1.54) is 11.5 Å². The predicted molar refractivity (Wildman–Crippen MR) is 40.6 cm³/mol. The van der Waals surface area contributed by atoms with E-state index >= 15 is 0 Å². The van der Waals surface area contributed by atoms with Crippen molar-refractivity contribution in [1.82, 2.24) is 9.36 Å². The lowest BCUT2D eigenvalue weighted by molar-refractivity contribution is -0.139. The molecule has 0 aliphatic heterocycles. The van der Waals surface area contributed by atoms with Crippen LogP contribution in [0.3, 0.4) is 0 Å². The van der Waals surface area contributed by atoms with Crippen molar-refractivity contribution in [3.8, 4) is 0 Å². The summed E-state index contributed by atoms with van der Waals surface area (Å²) in [5, 5.41) is 8.67. The molecule has 4 nitrogen and oxygen atoms in total. The maximum absolute atomic E-state index is 10.6. The molecule has 1 unspecified atom stereocenters. The quantitative estimate of drug-likeness (QED) is 0.742. The second-order valence-electron chi connectivity index (χ2n) is 2.09.